The fraction of sp³-hybridized carbons (Fsp3) is 0.857. The van der Waals surface area contributed by atoms with E-state index in [2.05, 4.69) is 11.5 Å². The lowest BCUT2D eigenvalue weighted by molar-refractivity contribution is 0.424. The van der Waals surface area contributed by atoms with Crippen molar-refractivity contribution in [1.29, 1.82) is 0 Å². The van der Waals surface area contributed by atoms with Gasteiger partial charge >= 0.3 is 0 Å². The normalized spacial score (nSPS) is 10.1. The van der Waals surface area contributed by atoms with Gasteiger partial charge in [-0.3, -0.25) is 4.99 Å². The highest BCUT2D eigenvalue weighted by molar-refractivity contribution is 6.50. The van der Waals surface area contributed by atoms with Crippen molar-refractivity contribution >= 4 is 14.8 Å². The third-order valence-electron chi connectivity index (χ3n) is 1.24. The van der Waals surface area contributed by atoms with Crippen molar-refractivity contribution in [1.82, 2.24) is 0 Å². The van der Waals surface area contributed by atoms with E-state index < -0.39 is 9.04 Å². The van der Waals surface area contributed by atoms with Crippen molar-refractivity contribution in [2.75, 3.05) is 13.7 Å². The second kappa shape index (κ2) is 5.62. The molecule has 59 valence electrons. The number of hydrogen-bond donors (Lipinski definition) is 0. The van der Waals surface area contributed by atoms with Crippen molar-refractivity contribution < 1.29 is 4.43 Å². The molecule has 0 saturated carbocycles. The predicted octanol–water partition coefficient (Wildman–Crippen LogP) is 1.73. The van der Waals surface area contributed by atoms with Gasteiger partial charge in [-0.05, 0) is 26.4 Å². The van der Waals surface area contributed by atoms with Crippen molar-refractivity contribution in [2.24, 2.45) is 4.99 Å². The molecule has 0 aromatic carbocycles. The van der Waals surface area contributed by atoms with Gasteiger partial charge in [0.2, 0.25) is 9.04 Å². The maximum absolute atomic E-state index is 5.16. The van der Waals surface area contributed by atoms with Gasteiger partial charge in [-0.1, -0.05) is 0 Å². The van der Waals surface area contributed by atoms with Crippen LogP contribution in [-0.2, 0) is 4.43 Å². The van der Waals surface area contributed by atoms with E-state index in [1.54, 1.807) is 7.11 Å². The SMILES string of the molecule is CO[Si](C)CCN=C(C)C. The second-order valence-electron chi connectivity index (χ2n) is 2.49. The molecular weight excluding hydrogens is 142 g/mol. The van der Waals surface area contributed by atoms with Crippen molar-refractivity contribution in [3.05, 3.63) is 0 Å². The van der Waals surface area contributed by atoms with Crippen LogP contribution in [0.1, 0.15) is 13.8 Å². The molecule has 0 aliphatic rings. The van der Waals surface area contributed by atoms with Gasteiger partial charge in [0.1, 0.15) is 0 Å². The minimum Gasteiger partial charge on any atom is -0.420 e. The smallest absolute Gasteiger partial charge is 0.209 e. The number of aliphatic imine (C=N–C) groups is 1. The molecule has 10 heavy (non-hydrogen) atoms. The topological polar surface area (TPSA) is 21.6 Å². The summed E-state index contributed by atoms with van der Waals surface area (Å²) in [6, 6.07) is 1.12. The maximum Gasteiger partial charge on any atom is 0.209 e. The molecule has 0 N–H and O–H groups in total. The van der Waals surface area contributed by atoms with Crippen LogP contribution in [-0.4, -0.2) is 28.4 Å². The van der Waals surface area contributed by atoms with Gasteiger partial charge in [0, 0.05) is 19.4 Å². The number of nitrogens with zero attached hydrogens (tertiary/aromatic N) is 1. The molecule has 0 aromatic rings. The lowest BCUT2D eigenvalue weighted by atomic mass is 10.5. The Balaban J connectivity index is 3.28. The highest BCUT2D eigenvalue weighted by atomic mass is 28.3. The van der Waals surface area contributed by atoms with Crippen LogP contribution in [0.5, 0.6) is 0 Å². The molecule has 0 aliphatic carbocycles. The van der Waals surface area contributed by atoms with Gasteiger partial charge in [-0.15, -0.1) is 0 Å². The number of rotatable bonds is 4. The van der Waals surface area contributed by atoms with Gasteiger partial charge in [0.15, 0.2) is 0 Å². The second-order valence-corrected chi connectivity index (χ2v) is 4.80. The lowest BCUT2D eigenvalue weighted by Crippen LogP contribution is -2.11. The molecular formula is C7H16NOSi. The summed E-state index contributed by atoms with van der Waals surface area (Å²) in [6.07, 6.45) is 0. The molecule has 0 amide bonds. The average molecular weight is 158 g/mol. The summed E-state index contributed by atoms with van der Waals surface area (Å²) in [5.41, 5.74) is 1.16. The fourth-order valence-corrected chi connectivity index (χ4v) is 1.17. The minimum atomic E-state index is -0.532. The molecule has 2 nitrogen and oxygen atoms in total. The van der Waals surface area contributed by atoms with Crippen molar-refractivity contribution in [3.63, 3.8) is 0 Å². The van der Waals surface area contributed by atoms with E-state index >= 15 is 0 Å². The summed E-state index contributed by atoms with van der Waals surface area (Å²) in [7, 11) is 1.24. The summed E-state index contributed by atoms with van der Waals surface area (Å²) in [5.74, 6) is 0. The zero-order valence-electron chi connectivity index (χ0n) is 7.27. The van der Waals surface area contributed by atoms with Crippen molar-refractivity contribution in [2.45, 2.75) is 26.4 Å². The largest absolute Gasteiger partial charge is 0.420 e. The van der Waals surface area contributed by atoms with E-state index in [0.29, 0.717) is 0 Å². The van der Waals surface area contributed by atoms with E-state index in [1.165, 1.54) is 0 Å². The molecule has 0 bridgehead atoms. The Hall–Kier alpha value is -0.153. The van der Waals surface area contributed by atoms with Gasteiger partial charge in [0.25, 0.3) is 0 Å². The minimum absolute atomic E-state index is 0.532. The molecule has 0 unspecified atom stereocenters. The first-order valence-corrected chi connectivity index (χ1v) is 5.62. The summed E-state index contributed by atoms with van der Waals surface area (Å²) < 4.78 is 5.16. The molecule has 0 heterocycles. The lowest BCUT2D eigenvalue weighted by Gasteiger charge is -2.02. The molecule has 0 rings (SSSR count). The van der Waals surface area contributed by atoms with Gasteiger partial charge in [-0.25, -0.2) is 0 Å². The average Bonchev–Trinajstić information content (AvgIpc) is 1.87. The van der Waals surface area contributed by atoms with Crippen LogP contribution in [0.4, 0.5) is 0 Å². The Morgan fingerprint density at radius 1 is 1.50 bits per heavy atom. The van der Waals surface area contributed by atoms with Crippen LogP contribution in [0.25, 0.3) is 0 Å². The highest BCUT2D eigenvalue weighted by Crippen LogP contribution is 1.92. The Kier molecular flexibility index (Phi) is 5.53. The third-order valence-corrected chi connectivity index (χ3v) is 2.87. The van der Waals surface area contributed by atoms with E-state index in [9.17, 15) is 0 Å². The van der Waals surface area contributed by atoms with Crippen LogP contribution in [0.2, 0.25) is 12.6 Å². The quantitative estimate of drug-likeness (QED) is 0.451. The molecule has 0 atom stereocenters. The predicted molar refractivity (Wildman–Crippen MR) is 47.1 cm³/mol. The van der Waals surface area contributed by atoms with Crippen LogP contribution >= 0.6 is 0 Å². The maximum atomic E-state index is 5.16. The Morgan fingerprint density at radius 3 is 2.50 bits per heavy atom. The first-order valence-electron chi connectivity index (χ1n) is 3.51. The summed E-state index contributed by atoms with van der Waals surface area (Å²) in [4.78, 5) is 4.27. The first-order chi connectivity index (χ1) is 4.66. The van der Waals surface area contributed by atoms with Crippen LogP contribution < -0.4 is 0 Å². The first kappa shape index (κ1) is 9.85. The van der Waals surface area contributed by atoms with E-state index in [4.69, 9.17) is 4.43 Å². The Labute approximate surface area is 65.0 Å². The zero-order chi connectivity index (χ0) is 7.98. The van der Waals surface area contributed by atoms with E-state index in [-0.39, 0.29) is 0 Å². The van der Waals surface area contributed by atoms with Crippen LogP contribution in [0.3, 0.4) is 0 Å². The molecule has 0 aromatic heterocycles. The molecule has 3 heteroatoms. The van der Waals surface area contributed by atoms with E-state index in [0.717, 1.165) is 18.3 Å². The highest BCUT2D eigenvalue weighted by Gasteiger charge is 2.00. The summed E-state index contributed by atoms with van der Waals surface area (Å²) >= 11 is 0. The summed E-state index contributed by atoms with van der Waals surface area (Å²) in [6.45, 7) is 7.13. The molecule has 0 spiro atoms. The number of hydrogen-bond acceptors (Lipinski definition) is 2. The molecule has 1 radical (unpaired) electrons. The molecule has 0 saturated heterocycles. The summed E-state index contributed by atoms with van der Waals surface area (Å²) in [5, 5.41) is 0. The zero-order valence-corrected chi connectivity index (χ0v) is 8.27. The third kappa shape index (κ3) is 5.97. The van der Waals surface area contributed by atoms with Crippen molar-refractivity contribution in [3.8, 4) is 0 Å². The van der Waals surface area contributed by atoms with Gasteiger partial charge in [0.05, 0.1) is 0 Å². The standard InChI is InChI=1S/C7H16NOSi/c1-7(2)8-5-6-10(4)9-3/h5-6H2,1-4H3. The molecule has 0 fully saturated rings. The van der Waals surface area contributed by atoms with Gasteiger partial charge < -0.3 is 4.43 Å². The van der Waals surface area contributed by atoms with Crippen LogP contribution in [0.15, 0.2) is 4.99 Å². The monoisotopic (exact) mass is 158 g/mol. The Bertz CT molecular complexity index is 110. The van der Waals surface area contributed by atoms with E-state index in [1.807, 2.05) is 13.8 Å². The van der Waals surface area contributed by atoms with Gasteiger partial charge in [-0.2, -0.15) is 0 Å². The Morgan fingerprint density at radius 2 is 2.10 bits per heavy atom. The fourth-order valence-electron chi connectivity index (χ4n) is 0.539. The molecule has 0 aliphatic heterocycles. The van der Waals surface area contributed by atoms with Crippen LogP contribution in [0, 0.1) is 0 Å².